The SMILES string of the molecule is CCCCCCCCCC=CC=CC=CC=CC=CC=CC(=O)O[C@@H](CO)C(O)C(=O)CCCCCCCCCCCCCCCCC. The second kappa shape index (κ2) is 37.3. The lowest BCUT2D eigenvalue weighted by Crippen LogP contribution is -2.39. The first-order valence-electron chi connectivity index (χ1n) is 19.6. The van der Waals surface area contributed by atoms with Crippen molar-refractivity contribution in [1.82, 2.24) is 0 Å². The fraction of sp³-hybridized carbons (Fsp3) is 0.674. The molecule has 0 rings (SSSR count). The first-order chi connectivity index (χ1) is 23.6. The number of ketones is 1. The van der Waals surface area contributed by atoms with Crippen molar-refractivity contribution in [3.63, 3.8) is 0 Å². The summed E-state index contributed by atoms with van der Waals surface area (Å²) in [5.74, 6) is -1.11. The number of carbonyl (C=O) groups excluding carboxylic acids is 2. The van der Waals surface area contributed by atoms with Gasteiger partial charge in [0.05, 0.1) is 6.61 Å². The van der Waals surface area contributed by atoms with Crippen molar-refractivity contribution >= 4 is 11.8 Å². The van der Waals surface area contributed by atoms with Crippen LogP contribution >= 0.6 is 0 Å². The average Bonchev–Trinajstić information content (AvgIpc) is 3.09. The van der Waals surface area contributed by atoms with Gasteiger partial charge in [-0.2, -0.15) is 0 Å². The zero-order valence-corrected chi connectivity index (χ0v) is 30.9. The molecule has 48 heavy (non-hydrogen) atoms. The maximum absolute atomic E-state index is 12.4. The summed E-state index contributed by atoms with van der Waals surface area (Å²) in [7, 11) is 0. The van der Waals surface area contributed by atoms with Crippen molar-refractivity contribution in [3.05, 3.63) is 72.9 Å². The van der Waals surface area contributed by atoms with E-state index in [9.17, 15) is 19.8 Å². The van der Waals surface area contributed by atoms with Crippen molar-refractivity contribution in [3.8, 4) is 0 Å². The van der Waals surface area contributed by atoms with Crippen LogP contribution in [-0.2, 0) is 14.3 Å². The molecule has 0 aliphatic heterocycles. The quantitative estimate of drug-likeness (QED) is 0.0308. The van der Waals surface area contributed by atoms with E-state index in [4.69, 9.17) is 4.74 Å². The minimum absolute atomic E-state index is 0.221. The fourth-order valence-corrected chi connectivity index (χ4v) is 5.46. The second-order valence-electron chi connectivity index (χ2n) is 13.0. The van der Waals surface area contributed by atoms with E-state index in [1.165, 1.54) is 134 Å². The number of hydrogen-bond acceptors (Lipinski definition) is 5. The third-order valence-corrected chi connectivity index (χ3v) is 8.50. The predicted octanol–water partition coefficient (Wildman–Crippen LogP) is 11.6. The Hall–Kier alpha value is -2.50. The number of allylic oxidation sites excluding steroid dienone is 11. The van der Waals surface area contributed by atoms with E-state index in [1.54, 1.807) is 12.2 Å². The second-order valence-corrected chi connectivity index (χ2v) is 13.0. The largest absolute Gasteiger partial charge is 0.453 e. The molecule has 0 heterocycles. The number of ether oxygens (including phenoxy) is 1. The van der Waals surface area contributed by atoms with Crippen molar-refractivity contribution < 1.29 is 24.5 Å². The Labute approximate surface area is 295 Å². The van der Waals surface area contributed by atoms with Gasteiger partial charge in [-0.15, -0.1) is 0 Å². The number of aliphatic hydroxyl groups is 2. The van der Waals surface area contributed by atoms with Crippen LogP contribution in [0.1, 0.15) is 168 Å². The van der Waals surface area contributed by atoms with Gasteiger partial charge in [0.2, 0.25) is 0 Å². The summed E-state index contributed by atoms with van der Waals surface area (Å²) in [6.07, 6.45) is 48.7. The normalized spacial score (nSPS) is 13.8. The molecule has 0 spiro atoms. The Bertz CT molecular complexity index is 910. The molecule has 5 heteroatoms. The molecule has 0 aromatic carbocycles. The van der Waals surface area contributed by atoms with Crippen molar-refractivity contribution in [1.29, 1.82) is 0 Å². The number of esters is 1. The average molecular weight is 669 g/mol. The van der Waals surface area contributed by atoms with Crippen LogP contribution < -0.4 is 0 Å². The van der Waals surface area contributed by atoms with Crippen molar-refractivity contribution in [2.75, 3.05) is 6.61 Å². The molecule has 0 aliphatic rings. The highest BCUT2D eigenvalue weighted by atomic mass is 16.6. The van der Waals surface area contributed by atoms with E-state index in [0.717, 1.165) is 19.3 Å². The summed E-state index contributed by atoms with van der Waals surface area (Å²) < 4.78 is 5.13. The van der Waals surface area contributed by atoms with Crippen LogP contribution in [0.2, 0.25) is 0 Å². The van der Waals surface area contributed by atoms with Gasteiger partial charge in [-0.05, 0) is 19.3 Å². The molecule has 0 bridgehead atoms. The monoisotopic (exact) mass is 669 g/mol. The molecule has 2 N–H and O–H groups in total. The van der Waals surface area contributed by atoms with Crippen LogP contribution in [0.3, 0.4) is 0 Å². The lowest BCUT2D eigenvalue weighted by molar-refractivity contribution is -0.156. The van der Waals surface area contributed by atoms with Gasteiger partial charge in [-0.1, -0.05) is 209 Å². The number of hydrogen-bond donors (Lipinski definition) is 2. The highest BCUT2D eigenvalue weighted by molar-refractivity contribution is 5.85. The van der Waals surface area contributed by atoms with E-state index >= 15 is 0 Å². The fourth-order valence-electron chi connectivity index (χ4n) is 5.46. The molecule has 274 valence electrons. The molecule has 0 radical (unpaired) electrons. The zero-order valence-electron chi connectivity index (χ0n) is 30.9. The van der Waals surface area contributed by atoms with E-state index in [-0.39, 0.29) is 6.42 Å². The predicted molar refractivity (Wildman–Crippen MR) is 205 cm³/mol. The standard InChI is InChI=1S/C43H72O5/c1-3-5-7-9-11-13-15-17-19-20-21-22-24-26-28-30-32-34-36-38-42(46)48-41(39-44)43(47)40(45)37-35-33-31-29-27-25-23-18-16-14-12-10-8-6-4-2/h19-22,24,26,28,30,32,34,36,38,41,43-44,47H,3-18,23,25,27,29,31,33,35,37,39H2,1-2H3/t41-,43?/m0/s1. The van der Waals surface area contributed by atoms with Crippen LogP contribution in [0.15, 0.2) is 72.9 Å². The molecule has 5 nitrogen and oxygen atoms in total. The van der Waals surface area contributed by atoms with E-state index in [0.29, 0.717) is 6.42 Å². The number of unbranched alkanes of at least 4 members (excludes halogenated alkanes) is 21. The lowest BCUT2D eigenvalue weighted by atomic mass is 10.0. The van der Waals surface area contributed by atoms with Crippen LogP contribution in [-0.4, -0.2) is 40.8 Å². The highest BCUT2D eigenvalue weighted by Crippen LogP contribution is 2.15. The molecule has 0 fully saturated rings. The Morgan fingerprint density at radius 1 is 0.521 bits per heavy atom. The number of carbonyl (C=O) groups is 2. The van der Waals surface area contributed by atoms with E-state index in [2.05, 4.69) is 26.0 Å². The third-order valence-electron chi connectivity index (χ3n) is 8.50. The van der Waals surface area contributed by atoms with Gasteiger partial charge < -0.3 is 14.9 Å². The van der Waals surface area contributed by atoms with Gasteiger partial charge in [-0.25, -0.2) is 4.79 Å². The maximum atomic E-state index is 12.4. The summed E-state index contributed by atoms with van der Waals surface area (Å²) >= 11 is 0. The Kier molecular flexibility index (Phi) is 35.4. The Balaban J connectivity index is 3.96. The summed E-state index contributed by atoms with van der Waals surface area (Å²) in [6.45, 7) is 3.90. The van der Waals surface area contributed by atoms with Crippen LogP contribution in [0.25, 0.3) is 0 Å². The molecule has 2 atom stereocenters. The van der Waals surface area contributed by atoms with Crippen LogP contribution in [0.5, 0.6) is 0 Å². The molecular weight excluding hydrogens is 596 g/mol. The first kappa shape index (κ1) is 45.5. The van der Waals surface area contributed by atoms with Gasteiger partial charge in [0.15, 0.2) is 18.0 Å². The van der Waals surface area contributed by atoms with Crippen LogP contribution in [0, 0.1) is 0 Å². The van der Waals surface area contributed by atoms with E-state index in [1.807, 2.05) is 36.5 Å². The van der Waals surface area contributed by atoms with Gasteiger partial charge >= 0.3 is 5.97 Å². The molecule has 1 unspecified atom stereocenters. The topological polar surface area (TPSA) is 83.8 Å². The molecular formula is C43H72O5. The van der Waals surface area contributed by atoms with Crippen LogP contribution in [0.4, 0.5) is 0 Å². The molecule has 0 aromatic heterocycles. The molecule has 0 aromatic rings. The van der Waals surface area contributed by atoms with Gasteiger partial charge in [-0.3, -0.25) is 4.79 Å². The summed E-state index contributed by atoms with van der Waals surface area (Å²) in [4.78, 5) is 24.5. The number of aliphatic hydroxyl groups excluding tert-OH is 2. The first-order valence-corrected chi connectivity index (χ1v) is 19.6. The highest BCUT2D eigenvalue weighted by Gasteiger charge is 2.27. The Morgan fingerprint density at radius 2 is 0.896 bits per heavy atom. The maximum Gasteiger partial charge on any atom is 0.331 e. The molecule has 0 saturated carbocycles. The lowest BCUT2D eigenvalue weighted by Gasteiger charge is -2.19. The van der Waals surface area contributed by atoms with Gasteiger partial charge in [0, 0.05) is 12.5 Å². The number of rotatable bonds is 34. The Morgan fingerprint density at radius 3 is 1.33 bits per heavy atom. The molecule has 0 saturated heterocycles. The number of Topliss-reactive ketones (excluding diaryl/α,β-unsaturated/α-hetero) is 1. The minimum atomic E-state index is -1.51. The molecule has 0 aliphatic carbocycles. The summed E-state index contributed by atoms with van der Waals surface area (Å²) in [6, 6.07) is 0. The molecule has 0 amide bonds. The third kappa shape index (κ3) is 32.1. The minimum Gasteiger partial charge on any atom is -0.453 e. The van der Waals surface area contributed by atoms with Gasteiger partial charge in [0.25, 0.3) is 0 Å². The van der Waals surface area contributed by atoms with Gasteiger partial charge in [0.1, 0.15) is 0 Å². The van der Waals surface area contributed by atoms with Crippen molar-refractivity contribution in [2.24, 2.45) is 0 Å². The smallest absolute Gasteiger partial charge is 0.331 e. The summed E-state index contributed by atoms with van der Waals surface area (Å²) in [5, 5.41) is 19.9. The van der Waals surface area contributed by atoms with Crippen molar-refractivity contribution in [2.45, 2.75) is 180 Å². The van der Waals surface area contributed by atoms with E-state index < -0.39 is 30.6 Å². The zero-order chi connectivity index (χ0) is 35.2. The summed E-state index contributed by atoms with van der Waals surface area (Å²) in [5.41, 5.74) is 0.